The first-order valence-electron chi connectivity index (χ1n) is 4.89. The van der Waals surface area contributed by atoms with E-state index in [1.165, 1.54) is 5.56 Å². The zero-order valence-electron chi connectivity index (χ0n) is 9.41. The summed E-state index contributed by atoms with van der Waals surface area (Å²) in [5.41, 5.74) is 2.17. The molecule has 0 amide bonds. The standard InChI is InChI=1S/C12H19NO/c1-10-6-5-7-11(8-10)13(4)12(2,3)9-14/h5-8,14H,9H2,1-4H3. The monoisotopic (exact) mass is 193 g/mol. The molecule has 0 saturated carbocycles. The fourth-order valence-electron chi connectivity index (χ4n) is 1.29. The van der Waals surface area contributed by atoms with Crippen LogP contribution in [0.4, 0.5) is 5.69 Å². The average molecular weight is 193 g/mol. The Morgan fingerprint density at radius 1 is 1.36 bits per heavy atom. The van der Waals surface area contributed by atoms with Crippen molar-refractivity contribution < 1.29 is 5.11 Å². The third-order valence-electron chi connectivity index (χ3n) is 2.68. The van der Waals surface area contributed by atoms with Gasteiger partial charge in [-0.15, -0.1) is 0 Å². The molecular weight excluding hydrogens is 174 g/mol. The lowest BCUT2D eigenvalue weighted by atomic mass is 10.0. The van der Waals surface area contributed by atoms with E-state index in [1.807, 2.05) is 27.0 Å². The SMILES string of the molecule is Cc1cccc(N(C)C(C)(C)CO)c1. The van der Waals surface area contributed by atoms with Crippen molar-refractivity contribution in [1.82, 2.24) is 0 Å². The highest BCUT2D eigenvalue weighted by molar-refractivity contribution is 5.49. The van der Waals surface area contributed by atoms with Crippen molar-refractivity contribution in [3.63, 3.8) is 0 Å². The van der Waals surface area contributed by atoms with E-state index < -0.39 is 0 Å². The molecule has 0 unspecified atom stereocenters. The van der Waals surface area contributed by atoms with Gasteiger partial charge in [0.15, 0.2) is 0 Å². The Morgan fingerprint density at radius 2 is 2.00 bits per heavy atom. The maximum absolute atomic E-state index is 9.25. The average Bonchev–Trinajstić information content (AvgIpc) is 2.16. The summed E-state index contributed by atoms with van der Waals surface area (Å²) in [5.74, 6) is 0. The van der Waals surface area contributed by atoms with Gasteiger partial charge >= 0.3 is 0 Å². The Morgan fingerprint density at radius 3 is 2.50 bits per heavy atom. The highest BCUT2D eigenvalue weighted by Gasteiger charge is 2.22. The number of benzene rings is 1. The van der Waals surface area contributed by atoms with Crippen molar-refractivity contribution in [2.45, 2.75) is 26.3 Å². The molecule has 0 aliphatic carbocycles. The predicted octanol–water partition coefficient (Wildman–Crippen LogP) is 2.20. The largest absolute Gasteiger partial charge is 0.394 e. The predicted molar refractivity (Wildman–Crippen MR) is 60.7 cm³/mol. The fraction of sp³-hybridized carbons (Fsp3) is 0.500. The quantitative estimate of drug-likeness (QED) is 0.795. The minimum Gasteiger partial charge on any atom is -0.394 e. The lowest BCUT2D eigenvalue weighted by molar-refractivity contribution is 0.216. The molecule has 0 bridgehead atoms. The first-order valence-corrected chi connectivity index (χ1v) is 4.89. The Bertz CT molecular complexity index is 307. The third kappa shape index (κ3) is 2.26. The van der Waals surface area contributed by atoms with Gasteiger partial charge in [-0.2, -0.15) is 0 Å². The molecule has 1 N–H and O–H groups in total. The molecule has 0 aromatic heterocycles. The molecule has 1 rings (SSSR count). The first kappa shape index (κ1) is 11.1. The summed E-state index contributed by atoms with van der Waals surface area (Å²) in [7, 11) is 2.00. The van der Waals surface area contributed by atoms with Gasteiger partial charge in [-0.1, -0.05) is 12.1 Å². The lowest BCUT2D eigenvalue weighted by Crippen LogP contribution is -2.44. The van der Waals surface area contributed by atoms with Gasteiger partial charge < -0.3 is 10.0 Å². The summed E-state index contributed by atoms with van der Waals surface area (Å²) in [4.78, 5) is 2.10. The van der Waals surface area contributed by atoms with Crippen LogP contribution in [0.2, 0.25) is 0 Å². The Kier molecular flexibility index (Phi) is 3.17. The molecule has 0 fully saturated rings. The second-order valence-corrected chi connectivity index (χ2v) is 4.37. The van der Waals surface area contributed by atoms with Crippen molar-refractivity contribution >= 4 is 5.69 Å². The number of aliphatic hydroxyl groups excluding tert-OH is 1. The van der Waals surface area contributed by atoms with Crippen LogP contribution in [0.1, 0.15) is 19.4 Å². The van der Waals surface area contributed by atoms with Gasteiger partial charge in [0.25, 0.3) is 0 Å². The minimum atomic E-state index is -0.214. The minimum absolute atomic E-state index is 0.150. The number of aryl methyl sites for hydroxylation is 1. The molecule has 0 spiro atoms. The summed E-state index contributed by atoms with van der Waals surface area (Å²) in [5, 5.41) is 9.25. The second-order valence-electron chi connectivity index (χ2n) is 4.37. The van der Waals surface area contributed by atoms with Gasteiger partial charge in [0, 0.05) is 12.7 Å². The number of likely N-dealkylation sites (N-methyl/N-ethyl adjacent to an activating group) is 1. The van der Waals surface area contributed by atoms with E-state index in [0.717, 1.165) is 5.69 Å². The molecule has 0 aliphatic heterocycles. The lowest BCUT2D eigenvalue weighted by Gasteiger charge is -2.36. The highest BCUT2D eigenvalue weighted by atomic mass is 16.3. The van der Waals surface area contributed by atoms with Crippen molar-refractivity contribution in [1.29, 1.82) is 0 Å². The maximum Gasteiger partial charge on any atom is 0.0658 e. The number of rotatable bonds is 3. The van der Waals surface area contributed by atoms with Crippen LogP contribution in [0.3, 0.4) is 0 Å². The van der Waals surface area contributed by atoms with Gasteiger partial charge in [0.2, 0.25) is 0 Å². The van der Waals surface area contributed by atoms with Crippen LogP contribution in [0.25, 0.3) is 0 Å². The van der Waals surface area contributed by atoms with Crippen molar-refractivity contribution in [2.24, 2.45) is 0 Å². The molecule has 1 aromatic carbocycles. The Hall–Kier alpha value is -1.02. The fourth-order valence-corrected chi connectivity index (χ4v) is 1.29. The van der Waals surface area contributed by atoms with Gasteiger partial charge in [-0.25, -0.2) is 0 Å². The van der Waals surface area contributed by atoms with E-state index in [4.69, 9.17) is 0 Å². The molecule has 78 valence electrons. The van der Waals surface area contributed by atoms with Crippen molar-refractivity contribution in [3.05, 3.63) is 29.8 Å². The molecule has 0 heterocycles. The number of hydrogen-bond acceptors (Lipinski definition) is 2. The van der Waals surface area contributed by atoms with E-state index in [1.54, 1.807) is 0 Å². The van der Waals surface area contributed by atoms with Gasteiger partial charge in [-0.05, 0) is 38.5 Å². The van der Waals surface area contributed by atoms with Crippen LogP contribution < -0.4 is 4.90 Å². The zero-order valence-corrected chi connectivity index (χ0v) is 9.41. The summed E-state index contributed by atoms with van der Waals surface area (Å²) < 4.78 is 0. The van der Waals surface area contributed by atoms with Crippen molar-refractivity contribution in [2.75, 3.05) is 18.6 Å². The molecule has 0 atom stereocenters. The van der Waals surface area contributed by atoms with Crippen LogP contribution >= 0.6 is 0 Å². The van der Waals surface area contributed by atoms with Gasteiger partial charge in [0.1, 0.15) is 0 Å². The molecule has 0 saturated heterocycles. The smallest absolute Gasteiger partial charge is 0.0658 e. The van der Waals surface area contributed by atoms with Crippen LogP contribution in [-0.2, 0) is 0 Å². The normalized spacial score (nSPS) is 11.5. The Balaban J connectivity index is 2.94. The second kappa shape index (κ2) is 4.01. The molecule has 0 aliphatic rings. The van der Waals surface area contributed by atoms with Crippen LogP contribution in [0.15, 0.2) is 24.3 Å². The van der Waals surface area contributed by atoms with E-state index in [9.17, 15) is 5.11 Å². The van der Waals surface area contributed by atoms with E-state index in [-0.39, 0.29) is 12.1 Å². The summed E-state index contributed by atoms with van der Waals surface area (Å²) in [6.45, 7) is 6.27. The highest BCUT2D eigenvalue weighted by Crippen LogP contribution is 2.22. The molecule has 14 heavy (non-hydrogen) atoms. The third-order valence-corrected chi connectivity index (χ3v) is 2.68. The molecule has 2 heteroatoms. The first-order chi connectivity index (χ1) is 6.47. The number of hydrogen-bond donors (Lipinski definition) is 1. The van der Waals surface area contributed by atoms with Crippen LogP contribution in [0, 0.1) is 6.92 Å². The molecular formula is C12H19NO. The summed E-state index contributed by atoms with van der Waals surface area (Å²) in [6, 6.07) is 8.29. The molecule has 2 nitrogen and oxygen atoms in total. The number of anilines is 1. The van der Waals surface area contributed by atoms with Crippen LogP contribution in [-0.4, -0.2) is 24.3 Å². The van der Waals surface area contributed by atoms with Gasteiger partial charge in [-0.3, -0.25) is 0 Å². The Labute approximate surface area is 86.2 Å². The molecule has 1 aromatic rings. The summed E-state index contributed by atoms with van der Waals surface area (Å²) >= 11 is 0. The summed E-state index contributed by atoms with van der Waals surface area (Å²) in [6.07, 6.45) is 0. The number of nitrogens with zero attached hydrogens (tertiary/aromatic N) is 1. The van der Waals surface area contributed by atoms with Crippen molar-refractivity contribution in [3.8, 4) is 0 Å². The van der Waals surface area contributed by atoms with E-state index in [0.29, 0.717) is 0 Å². The van der Waals surface area contributed by atoms with Crippen LogP contribution in [0.5, 0.6) is 0 Å². The van der Waals surface area contributed by atoms with Gasteiger partial charge in [0.05, 0.1) is 12.1 Å². The van der Waals surface area contributed by atoms with E-state index in [2.05, 4.69) is 30.0 Å². The maximum atomic E-state index is 9.25. The zero-order chi connectivity index (χ0) is 10.8. The van der Waals surface area contributed by atoms with E-state index >= 15 is 0 Å². The molecule has 0 radical (unpaired) electrons. The number of aliphatic hydroxyl groups is 1. The topological polar surface area (TPSA) is 23.5 Å².